The second-order valence-electron chi connectivity index (χ2n) is 6.78. The van der Waals surface area contributed by atoms with E-state index < -0.39 is 11.6 Å². The molecule has 2 heterocycles. The van der Waals surface area contributed by atoms with Gasteiger partial charge in [-0.25, -0.2) is 8.78 Å². The molecule has 1 aliphatic carbocycles. The van der Waals surface area contributed by atoms with Crippen LogP contribution in [0.5, 0.6) is 5.88 Å². The first-order valence-electron chi connectivity index (χ1n) is 9.19. The number of hydrogen-bond acceptors (Lipinski definition) is 3. The zero-order chi connectivity index (χ0) is 19.5. The summed E-state index contributed by atoms with van der Waals surface area (Å²) >= 11 is -0.280. The molecule has 146 valence electrons. The van der Waals surface area contributed by atoms with Crippen LogP contribution in [0.3, 0.4) is 0 Å². The Morgan fingerprint density at radius 2 is 1.86 bits per heavy atom. The van der Waals surface area contributed by atoms with Gasteiger partial charge in [-0.15, -0.1) is 0 Å². The molecule has 28 heavy (non-hydrogen) atoms. The minimum absolute atomic E-state index is 0.00851. The first kappa shape index (κ1) is 19.2. The van der Waals surface area contributed by atoms with Crippen LogP contribution in [0.4, 0.5) is 8.78 Å². The second-order valence-corrected chi connectivity index (χ2v) is 8.10. The number of pyridine rings is 1. The second kappa shape index (κ2) is 8.51. The van der Waals surface area contributed by atoms with E-state index in [1.165, 1.54) is 29.3 Å². The normalized spacial score (nSPS) is 19.2. The van der Waals surface area contributed by atoms with Crippen LogP contribution in [0, 0.1) is 11.6 Å². The van der Waals surface area contributed by atoms with Crippen LogP contribution >= 0.6 is 0 Å². The van der Waals surface area contributed by atoms with Gasteiger partial charge in [0.15, 0.2) is 0 Å². The molecule has 2 aliphatic rings. The van der Waals surface area contributed by atoms with Crippen molar-refractivity contribution in [3.63, 3.8) is 0 Å². The summed E-state index contributed by atoms with van der Waals surface area (Å²) in [4.78, 5) is 11.0. The summed E-state index contributed by atoms with van der Waals surface area (Å²) in [5.74, 6) is -0.395. The predicted molar refractivity (Wildman–Crippen MR) is 102 cm³/mol. The number of alkyl halides is 1. The minimum atomic E-state index is -0.538. The Kier molecular flexibility index (Phi) is 5.85. The topological polar surface area (TPSA) is 34.5 Å². The van der Waals surface area contributed by atoms with Gasteiger partial charge in [0.25, 0.3) is 0 Å². The number of benzene rings is 1. The summed E-state index contributed by atoms with van der Waals surface area (Å²) < 4.78 is 33.6. The molecule has 1 aliphatic heterocycles. The summed E-state index contributed by atoms with van der Waals surface area (Å²) in [7, 11) is 0. The fourth-order valence-corrected chi connectivity index (χ4v) is 4.40. The van der Waals surface area contributed by atoms with E-state index in [9.17, 15) is 8.78 Å². The van der Waals surface area contributed by atoms with Crippen molar-refractivity contribution in [2.75, 3.05) is 4.93 Å². The van der Waals surface area contributed by atoms with Gasteiger partial charge >= 0.3 is 130 Å². The van der Waals surface area contributed by atoms with Crippen LogP contribution in [0.25, 0.3) is 5.57 Å². The molecule has 0 radical (unpaired) electrons. The van der Waals surface area contributed by atoms with E-state index in [0.717, 1.165) is 24.8 Å². The van der Waals surface area contributed by atoms with Crippen molar-refractivity contribution in [2.24, 2.45) is 4.99 Å². The van der Waals surface area contributed by atoms with Gasteiger partial charge in [-0.05, 0) is 12.1 Å². The van der Waals surface area contributed by atoms with Gasteiger partial charge in [-0.1, -0.05) is 6.07 Å². The van der Waals surface area contributed by atoms with E-state index in [4.69, 9.17) is 3.07 Å². The maximum absolute atomic E-state index is 14.0. The van der Waals surface area contributed by atoms with E-state index in [-0.39, 0.29) is 33.2 Å². The molecular formula is C22H20F2IN2O-. The number of allylic oxidation sites excluding steroid dienone is 3. The molecule has 3 nitrogen and oxygen atoms in total. The van der Waals surface area contributed by atoms with Gasteiger partial charge in [-0.2, -0.15) is 0 Å². The molecule has 1 aromatic carbocycles. The van der Waals surface area contributed by atoms with Gasteiger partial charge < -0.3 is 0 Å². The number of rotatable bonds is 5. The molecule has 2 aromatic rings. The molecule has 0 N–H and O–H groups in total. The van der Waals surface area contributed by atoms with Gasteiger partial charge in [0.2, 0.25) is 0 Å². The summed E-state index contributed by atoms with van der Waals surface area (Å²) in [6.07, 6.45) is 9.27. The Labute approximate surface area is 174 Å². The Balaban J connectivity index is 1.51. The molecule has 0 saturated heterocycles. The molecule has 0 bridgehead atoms. The third kappa shape index (κ3) is 4.01. The van der Waals surface area contributed by atoms with Gasteiger partial charge in [0.05, 0.1) is 5.56 Å². The van der Waals surface area contributed by atoms with Crippen LogP contribution in [0.15, 0.2) is 59.2 Å². The maximum atomic E-state index is 14.0. The molecule has 1 atom stereocenters. The summed E-state index contributed by atoms with van der Waals surface area (Å²) in [6.45, 7) is 0. The third-order valence-corrected chi connectivity index (χ3v) is 5.98. The average molecular weight is 493 g/mol. The number of nitrogens with zero attached hydrogens (tertiary/aromatic N) is 2. The first-order chi connectivity index (χ1) is 13.7. The average Bonchev–Trinajstić information content (AvgIpc) is 3.19. The number of aromatic nitrogens is 1. The Bertz CT molecular complexity index is 947. The SMILES string of the molecule is C[I-]Oc1ccc(C2=CC=C(C3CCC(c4c(F)cccc4F)=N3)CC2)cn1. The van der Waals surface area contributed by atoms with E-state index in [1.54, 1.807) is 0 Å². The van der Waals surface area contributed by atoms with E-state index >= 15 is 0 Å². The molecule has 0 spiro atoms. The molecule has 4 rings (SSSR count). The van der Waals surface area contributed by atoms with Crippen molar-refractivity contribution in [2.45, 2.75) is 31.7 Å². The van der Waals surface area contributed by atoms with Crippen LogP contribution in [0.2, 0.25) is 0 Å². The Morgan fingerprint density at radius 1 is 1.04 bits per heavy atom. The van der Waals surface area contributed by atoms with Crippen molar-refractivity contribution in [3.8, 4) is 5.88 Å². The van der Waals surface area contributed by atoms with Crippen molar-refractivity contribution < 1.29 is 33.5 Å². The van der Waals surface area contributed by atoms with Crippen molar-refractivity contribution >= 4 is 11.3 Å². The predicted octanol–water partition coefficient (Wildman–Crippen LogP) is 2.13. The molecule has 0 fully saturated rings. The molecule has 0 saturated carbocycles. The van der Waals surface area contributed by atoms with Crippen LogP contribution in [-0.4, -0.2) is 21.7 Å². The third-order valence-electron chi connectivity index (χ3n) is 5.09. The molecule has 1 aromatic heterocycles. The number of hydrogen-bond donors (Lipinski definition) is 0. The summed E-state index contributed by atoms with van der Waals surface area (Å²) in [5.41, 5.74) is 4.12. The standard InChI is InChI=1S/C22H20F2IN2O/c1-25-28-21-12-9-16(13-26-21)14-5-7-15(8-6-14)19-10-11-20(27-19)22-17(23)3-2-4-18(22)24/h2-5,7,9,12-13,19H,6,8,10-11H2,1H3/q-1. The molecule has 1 unspecified atom stereocenters. The van der Waals surface area contributed by atoms with Crippen LogP contribution in [-0.2, 0) is 0 Å². The number of aliphatic imine (C=N–C) groups is 1. The van der Waals surface area contributed by atoms with Crippen LogP contribution < -0.4 is 24.7 Å². The van der Waals surface area contributed by atoms with E-state index in [1.807, 2.05) is 23.3 Å². The van der Waals surface area contributed by atoms with Gasteiger partial charge in [-0.3, -0.25) is 0 Å². The van der Waals surface area contributed by atoms with Gasteiger partial charge in [0, 0.05) is 0 Å². The summed E-state index contributed by atoms with van der Waals surface area (Å²) in [5, 5.41) is 0. The monoisotopic (exact) mass is 493 g/mol. The van der Waals surface area contributed by atoms with Crippen molar-refractivity contribution in [3.05, 3.63) is 77.0 Å². The van der Waals surface area contributed by atoms with Crippen LogP contribution in [0.1, 0.15) is 36.8 Å². The quantitative estimate of drug-likeness (QED) is 0.473. The summed E-state index contributed by atoms with van der Waals surface area (Å²) in [6, 6.07) is 7.92. The molecular weight excluding hydrogens is 473 g/mol. The van der Waals surface area contributed by atoms with E-state index in [0.29, 0.717) is 18.0 Å². The Morgan fingerprint density at radius 3 is 2.50 bits per heavy atom. The zero-order valence-corrected chi connectivity index (χ0v) is 17.6. The zero-order valence-electron chi connectivity index (χ0n) is 15.5. The van der Waals surface area contributed by atoms with Crippen molar-refractivity contribution in [1.82, 2.24) is 4.98 Å². The first-order valence-corrected chi connectivity index (χ1v) is 12.2. The fourth-order valence-electron chi connectivity index (χ4n) is 3.69. The molecule has 0 amide bonds. The fraction of sp³-hybridized carbons (Fsp3) is 0.273. The Hall–Kier alpha value is -2.09. The number of halogens is 3. The molecule has 6 heteroatoms. The van der Waals surface area contributed by atoms with Crippen molar-refractivity contribution in [1.29, 1.82) is 0 Å². The van der Waals surface area contributed by atoms with E-state index in [2.05, 4.69) is 22.1 Å². The van der Waals surface area contributed by atoms with Gasteiger partial charge in [0.1, 0.15) is 11.6 Å².